The summed E-state index contributed by atoms with van der Waals surface area (Å²) in [7, 11) is 0. The van der Waals surface area contributed by atoms with Gasteiger partial charge in [0.1, 0.15) is 5.78 Å². The van der Waals surface area contributed by atoms with E-state index in [0.717, 1.165) is 12.8 Å². The van der Waals surface area contributed by atoms with Crippen LogP contribution in [0, 0.1) is 11.3 Å². The van der Waals surface area contributed by atoms with Gasteiger partial charge in [0, 0.05) is 12.3 Å². The summed E-state index contributed by atoms with van der Waals surface area (Å²) in [6, 6.07) is 0. The van der Waals surface area contributed by atoms with Crippen molar-refractivity contribution in [3.8, 4) is 0 Å². The Labute approximate surface area is 80.2 Å². The van der Waals surface area contributed by atoms with E-state index in [4.69, 9.17) is 0 Å². The lowest BCUT2D eigenvalue weighted by atomic mass is 9.58. The molecule has 3 rings (SSSR count). The summed E-state index contributed by atoms with van der Waals surface area (Å²) in [5.74, 6) is 0.794. The van der Waals surface area contributed by atoms with Crippen LogP contribution in [-0.4, -0.2) is 5.78 Å². The summed E-state index contributed by atoms with van der Waals surface area (Å²) in [6.07, 6.45) is 4.36. The average Bonchev–Trinajstić information content (AvgIpc) is 2.02. The van der Waals surface area contributed by atoms with Crippen LogP contribution in [0.2, 0.25) is 0 Å². The zero-order chi connectivity index (χ0) is 9.64. The number of hydrogen-bond donors (Lipinski definition) is 0. The van der Waals surface area contributed by atoms with Crippen molar-refractivity contribution in [3.63, 3.8) is 0 Å². The van der Waals surface area contributed by atoms with Gasteiger partial charge in [-0.25, -0.2) is 0 Å². The Bertz CT molecular complexity index is 283. The van der Waals surface area contributed by atoms with Crippen LogP contribution in [-0.2, 0) is 4.79 Å². The third-order valence-corrected chi connectivity index (χ3v) is 3.71. The minimum absolute atomic E-state index is 0.298. The SMILES string of the molecule is CC(C)=C1C[C@]2(C)CC[C@H]1C(=O)C2. The Kier molecular flexibility index (Phi) is 1.86. The molecule has 0 aromatic heterocycles. The number of Topliss-reactive ketones (excluding diaryl/α,β-unsaturated/α-hetero) is 1. The van der Waals surface area contributed by atoms with Crippen molar-refractivity contribution in [2.75, 3.05) is 0 Å². The molecule has 3 aliphatic rings. The van der Waals surface area contributed by atoms with E-state index in [1.165, 1.54) is 24.0 Å². The summed E-state index contributed by atoms with van der Waals surface area (Å²) in [4.78, 5) is 11.7. The molecule has 72 valence electrons. The molecule has 2 bridgehead atoms. The molecule has 0 amide bonds. The number of fused-ring (bicyclic) bond motifs is 3. The fourth-order valence-corrected chi connectivity index (χ4v) is 2.91. The van der Waals surface area contributed by atoms with E-state index in [9.17, 15) is 4.79 Å². The van der Waals surface area contributed by atoms with E-state index in [1.807, 2.05) is 0 Å². The first-order chi connectivity index (χ1) is 6.02. The van der Waals surface area contributed by atoms with Crippen LogP contribution in [0.25, 0.3) is 0 Å². The second-order valence-corrected chi connectivity index (χ2v) is 5.25. The van der Waals surface area contributed by atoms with Crippen LogP contribution in [0.15, 0.2) is 11.1 Å². The van der Waals surface area contributed by atoms with Gasteiger partial charge in [0.25, 0.3) is 0 Å². The van der Waals surface area contributed by atoms with Crippen LogP contribution >= 0.6 is 0 Å². The predicted molar refractivity (Wildman–Crippen MR) is 53.4 cm³/mol. The van der Waals surface area contributed by atoms with E-state index < -0.39 is 0 Å². The normalized spacial score (nSPS) is 38.2. The van der Waals surface area contributed by atoms with Crippen LogP contribution in [0.4, 0.5) is 0 Å². The molecule has 0 aromatic rings. The fraction of sp³-hybridized carbons (Fsp3) is 0.750. The summed E-state index contributed by atoms with van der Waals surface area (Å²) in [5.41, 5.74) is 3.13. The number of allylic oxidation sites excluding steroid dienone is 2. The van der Waals surface area contributed by atoms with Crippen molar-refractivity contribution in [1.29, 1.82) is 0 Å². The Balaban J connectivity index is 2.38. The van der Waals surface area contributed by atoms with Gasteiger partial charge in [0.15, 0.2) is 0 Å². The second-order valence-electron chi connectivity index (χ2n) is 5.25. The zero-order valence-electron chi connectivity index (χ0n) is 8.81. The summed E-state index contributed by atoms with van der Waals surface area (Å²) in [6.45, 7) is 6.56. The summed E-state index contributed by atoms with van der Waals surface area (Å²) >= 11 is 0. The van der Waals surface area contributed by atoms with Gasteiger partial charge in [0.2, 0.25) is 0 Å². The lowest BCUT2D eigenvalue weighted by Crippen LogP contribution is -2.40. The van der Waals surface area contributed by atoms with Crippen molar-refractivity contribution >= 4 is 5.78 Å². The van der Waals surface area contributed by atoms with Crippen molar-refractivity contribution in [2.24, 2.45) is 11.3 Å². The molecule has 0 N–H and O–H groups in total. The lowest BCUT2D eigenvalue weighted by Gasteiger charge is -2.45. The van der Waals surface area contributed by atoms with Gasteiger partial charge in [-0.3, -0.25) is 4.79 Å². The molecule has 13 heavy (non-hydrogen) atoms. The maximum absolute atomic E-state index is 11.7. The molecule has 0 radical (unpaired) electrons. The second kappa shape index (κ2) is 2.70. The largest absolute Gasteiger partial charge is 0.299 e. The molecule has 1 heteroatoms. The lowest BCUT2D eigenvalue weighted by molar-refractivity contribution is -0.129. The predicted octanol–water partition coefficient (Wildman–Crippen LogP) is 3.10. The number of rotatable bonds is 0. The first kappa shape index (κ1) is 8.98. The topological polar surface area (TPSA) is 17.1 Å². The number of hydrogen-bond acceptors (Lipinski definition) is 1. The van der Waals surface area contributed by atoms with Gasteiger partial charge in [-0.05, 0) is 38.5 Å². The van der Waals surface area contributed by atoms with Crippen molar-refractivity contribution in [1.82, 2.24) is 0 Å². The van der Waals surface area contributed by atoms with Gasteiger partial charge >= 0.3 is 0 Å². The number of carbonyl (C=O) groups excluding carboxylic acids is 1. The zero-order valence-corrected chi connectivity index (χ0v) is 8.81. The molecule has 3 fully saturated rings. The minimum atomic E-state index is 0.298. The molecular weight excluding hydrogens is 160 g/mol. The van der Waals surface area contributed by atoms with E-state index in [0.29, 0.717) is 17.1 Å². The van der Waals surface area contributed by atoms with E-state index >= 15 is 0 Å². The standard InChI is InChI=1S/C12H18O/c1-8(2)10-6-12(3)5-4-9(10)11(13)7-12/h9H,4-7H2,1-3H3/t9-,12+/m1/s1. The van der Waals surface area contributed by atoms with Crippen LogP contribution < -0.4 is 0 Å². The first-order valence-corrected chi connectivity index (χ1v) is 5.21. The van der Waals surface area contributed by atoms with Gasteiger partial charge < -0.3 is 0 Å². The van der Waals surface area contributed by atoms with E-state index in [1.54, 1.807) is 0 Å². The Hall–Kier alpha value is -0.590. The smallest absolute Gasteiger partial charge is 0.140 e. The highest BCUT2D eigenvalue weighted by atomic mass is 16.1. The van der Waals surface area contributed by atoms with Gasteiger partial charge in [-0.1, -0.05) is 18.1 Å². The highest BCUT2D eigenvalue weighted by molar-refractivity contribution is 5.86. The van der Waals surface area contributed by atoms with Crippen molar-refractivity contribution < 1.29 is 4.79 Å². The Morgan fingerprint density at radius 2 is 2.08 bits per heavy atom. The first-order valence-electron chi connectivity index (χ1n) is 5.21. The third kappa shape index (κ3) is 1.34. The molecule has 0 unspecified atom stereocenters. The fourth-order valence-electron chi connectivity index (χ4n) is 2.91. The minimum Gasteiger partial charge on any atom is -0.299 e. The van der Waals surface area contributed by atoms with Gasteiger partial charge in [-0.15, -0.1) is 0 Å². The Morgan fingerprint density at radius 3 is 2.54 bits per heavy atom. The number of ketones is 1. The summed E-state index contributed by atoms with van der Waals surface area (Å²) < 4.78 is 0. The van der Waals surface area contributed by atoms with Gasteiger partial charge in [0.05, 0.1) is 0 Å². The third-order valence-electron chi connectivity index (χ3n) is 3.71. The quantitative estimate of drug-likeness (QED) is 0.521. The molecule has 1 nitrogen and oxygen atoms in total. The highest BCUT2D eigenvalue weighted by Gasteiger charge is 2.44. The highest BCUT2D eigenvalue weighted by Crippen LogP contribution is 2.51. The molecule has 0 spiro atoms. The molecule has 0 heterocycles. The van der Waals surface area contributed by atoms with Crippen LogP contribution in [0.1, 0.15) is 46.5 Å². The van der Waals surface area contributed by atoms with Crippen LogP contribution in [0.5, 0.6) is 0 Å². The van der Waals surface area contributed by atoms with E-state index in [-0.39, 0.29) is 0 Å². The van der Waals surface area contributed by atoms with E-state index in [2.05, 4.69) is 20.8 Å². The summed E-state index contributed by atoms with van der Waals surface area (Å²) in [5, 5.41) is 0. The molecule has 0 aliphatic heterocycles. The van der Waals surface area contributed by atoms with Crippen molar-refractivity contribution in [3.05, 3.63) is 11.1 Å². The molecule has 2 atom stereocenters. The Morgan fingerprint density at radius 1 is 1.38 bits per heavy atom. The molecular formula is C12H18O. The molecule has 0 saturated heterocycles. The van der Waals surface area contributed by atoms with Gasteiger partial charge in [-0.2, -0.15) is 0 Å². The van der Waals surface area contributed by atoms with Crippen LogP contribution in [0.3, 0.4) is 0 Å². The number of carbonyl (C=O) groups is 1. The average molecular weight is 178 g/mol. The maximum atomic E-state index is 11.7. The molecule has 3 aliphatic carbocycles. The maximum Gasteiger partial charge on any atom is 0.140 e. The molecule has 0 aromatic carbocycles. The monoisotopic (exact) mass is 178 g/mol. The molecule has 3 saturated carbocycles. The van der Waals surface area contributed by atoms with Crippen molar-refractivity contribution in [2.45, 2.75) is 46.5 Å².